The Kier molecular flexibility index (Phi) is 7.50. The Bertz CT molecular complexity index is 1200. The first kappa shape index (κ1) is 25.2. The number of hydrogen-bond donors (Lipinski definition) is 0. The Morgan fingerprint density at radius 1 is 1.11 bits per heavy atom. The molecule has 0 N–H and O–H groups in total. The minimum atomic E-state index is 0.759. The van der Waals surface area contributed by atoms with Gasteiger partial charge in [-0.15, -0.1) is 0 Å². The molecule has 1 aromatic heterocycles. The molecule has 2 heterocycles. The average molecular weight is 497 g/mol. The van der Waals surface area contributed by atoms with E-state index in [2.05, 4.69) is 56.7 Å². The summed E-state index contributed by atoms with van der Waals surface area (Å²) in [6, 6.07) is 8.38. The number of aromatic nitrogens is 2. The average Bonchev–Trinajstić information content (AvgIpc) is 3.15. The summed E-state index contributed by atoms with van der Waals surface area (Å²) in [6.07, 6.45) is 3.10. The van der Waals surface area contributed by atoms with Gasteiger partial charge in [0.15, 0.2) is 17.3 Å². The topological polar surface area (TPSA) is 42.8 Å². The highest BCUT2D eigenvalue weighted by Gasteiger charge is 2.30. The second kappa shape index (κ2) is 10.4. The number of halogens is 1. The number of nitrogens with zero attached hydrogens (tertiary/aromatic N) is 4. The molecule has 0 saturated heterocycles. The molecule has 0 unspecified atom stereocenters. The summed E-state index contributed by atoms with van der Waals surface area (Å²) in [6.45, 7) is 11.2. The quantitative estimate of drug-likeness (QED) is 0.355. The van der Waals surface area contributed by atoms with Crippen LogP contribution in [0.2, 0.25) is 5.02 Å². The van der Waals surface area contributed by atoms with Gasteiger partial charge in [0.25, 0.3) is 0 Å². The van der Waals surface area contributed by atoms with Gasteiger partial charge < -0.3 is 19.3 Å². The van der Waals surface area contributed by atoms with E-state index in [1.165, 1.54) is 28.1 Å². The molecule has 6 nitrogen and oxygen atoms in total. The van der Waals surface area contributed by atoms with Gasteiger partial charge >= 0.3 is 0 Å². The monoisotopic (exact) mass is 496 g/mol. The number of ether oxygens (including phenoxy) is 2. The van der Waals surface area contributed by atoms with Crippen molar-refractivity contribution in [2.45, 2.75) is 53.5 Å². The fraction of sp³-hybridized carbons (Fsp3) is 0.464. The lowest BCUT2D eigenvalue weighted by atomic mass is 10.0. The first-order valence-electron chi connectivity index (χ1n) is 12.4. The molecular weight excluding hydrogens is 460 g/mol. The largest absolute Gasteiger partial charge is 0.493 e. The van der Waals surface area contributed by atoms with Crippen molar-refractivity contribution in [1.82, 2.24) is 9.78 Å². The van der Waals surface area contributed by atoms with Gasteiger partial charge in [0.05, 0.1) is 24.9 Å². The van der Waals surface area contributed by atoms with Gasteiger partial charge in [-0.2, -0.15) is 5.10 Å². The molecule has 0 atom stereocenters. The number of rotatable bonds is 8. The molecule has 4 rings (SSSR count). The highest BCUT2D eigenvalue weighted by atomic mass is 35.5. The molecule has 1 aliphatic heterocycles. The summed E-state index contributed by atoms with van der Waals surface area (Å²) < 4.78 is 13.2. The number of aryl methyl sites for hydroxylation is 3. The fourth-order valence-corrected chi connectivity index (χ4v) is 5.82. The Hall–Kier alpha value is -2.86. The second-order valence-corrected chi connectivity index (χ2v) is 9.83. The summed E-state index contributed by atoms with van der Waals surface area (Å²) in [5.74, 6) is 3.76. The molecule has 35 heavy (non-hydrogen) atoms. The zero-order valence-corrected chi connectivity index (χ0v) is 22.8. The van der Waals surface area contributed by atoms with E-state index in [4.69, 9.17) is 26.2 Å². The second-order valence-electron chi connectivity index (χ2n) is 9.42. The van der Waals surface area contributed by atoms with Crippen molar-refractivity contribution in [2.75, 3.05) is 37.1 Å². The van der Waals surface area contributed by atoms with E-state index >= 15 is 0 Å². The van der Waals surface area contributed by atoms with Crippen LogP contribution in [0.15, 0.2) is 24.3 Å². The van der Waals surface area contributed by atoms with Gasteiger partial charge in [0.2, 0.25) is 0 Å². The highest BCUT2D eigenvalue weighted by Crippen LogP contribution is 2.43. The fourth-order valence-electron chi connectivity index (χ4n) is 5.40. The third-order valence-corrected chi connectivity index (χ3v) is 7.17. The maximum absolute atomic E-state index is 6.76. The van der Waals surface area contributed by atoms with Crippen molar-refractivity contribution in [3.05, 3.63) is 57.1 Å². The molecule has 1 aliphatic rings. The molecule has 188 valence electrons. The zero-order valence-electron chi connectivity index (χ0n) is 22.0. The van der Waals surface area contributed by atoms with Crippen molar-refractivity contribution in [3.8, 4) is 11.5 Å². The molecule has 0 radical (unpaired) electrons. The lowest BCUT2D eigenvalue weighted by Crippen LogP contribution is -2.29. The summed E-state index contributed by atoms with van der Waals surface area (Å²) in [7, 11) is 5.43. The summed E-state index contributed by atoms with van der Waals surface area (Å²) >= 11 is 6.76. The van der Waals surface area contributed by atoms with Crippen molar-refractivity contribution >= 4 is 28.9 Å². The van der Waals surface area contributed by atoms with Crippen LogP contribution >= 0.6 is 11.6 Å². The van der Waals surface area contributed by atoms with E-state index in [0.717, 1.165) is 72.5 Å². The maximum Gasteiger partial charge on any atom is 0.163 e. The van der Waals surface area contributed by atoms with E-state index in [9.17, 15) is 0 Å². The van der Waals surface area contributed by atoms with Crippen LogP contribution in [0, 0.1) is 20.8 Å². The zero-order chi connectivity index (χ0) is 25.3. The van der Waals surface area contributed by atoms with Crippen LogP contribution in [0.1, 0.15) is 47.6 Å². The summed E-state index contributed by atoms with van der Waals surface area (Å²) in [5.41, 5.74) is 7.04. The third-order valence-electron chi connectivity index (χ3n) is 6.88. The van der Waals surface area contributed by atoms with Crippen LogP contribution in [0.3, 0.4) is 0 Å². The minimum absolute atomic E-state index is 0.759. The first-order chi connectivity index (χ1) is 16.8. The molecule has 0 spiro atoms. The van der Waals surface area contributed by atoms with Crippen molar-refractivity contribution in [3.63, 3.8) is 0 Å². The van der Waals surface area contributed by atoms with Gasteiger partial charge in [-0.25, -0.2) is 0 Å². The minimum Gasteiger partial charge on any atom is -0.493 e. The SMILES string of the molecule is CCCN(Cc1ccc(OC)c(OC)c1C)c1c2c(nn1C)N(c1c(C)cc(C)cc1Cl)CCC2. The van der Waals surface area contributed by atoms with Gasteiger partial charge in [-0.1, -0.05) is 30.7 Å². The number of anilines is 3. The third kappa shape index (κ3) is 4.68. The Labute approximate surface area is 214 Å². The Morgan fingerprint density at radius 2 is 1.89 bits per heavy atom. The summed E-state index contributed by atoms with van der Waals surface area (Å²) in [5, 5.41) is 5.83. The first-order valence-corrected chi connectivity index (χ1v) is 12.7. The van der Waals surface area contributed by atoms with E-state index in [-0.39, 0.29) is 0 Å². The van der Waals surface area contributed by atoms with Gasteiger partial charge in [-0.05, 0) is 74.4 Å². The molecule has 0 fully saturated rings. The van der Waals surface area contributed by atoms with E-state index < -0.39 is 0 Å². The number of hydrogen-bond acceptors (Lipinski definition) is 5. The molecule has 0 saturated carbocycles. The number of benzene rings is 2. The number of fused-ring (bicyclic) bond motifs is 1. The van der Waals surface area contributed by atoms with E-state index in [1.54, 1.807) is 14.2 Å². The van der Waals surface area contributed by atoms with Crippen LogP contribution < -0.4 is 19.3 Å². The molecular formula is C28H37ClN4O2. The summed E-state index contributed by atoms with van der Waals surface area (Å²) in [4.78, 5) is 4.76. The standard InChI is InChI=1S/C28H37ClN4O2/c1-8-13-32(17-21-11-12-24(34-6)26(35-7)20(21)4)28-22-10-9-14-33(27(22)30-31(28)5)25-19(3)15-18(2)16-23(25)29/h11-12,15-16H,8-10,13-14,17H2,1-7H3. The lowest BCUT2D eigenvalue weighted by molar-refractivity contribution is 0.352. The molecule has 0 bridgehead atoms. The lowest BCUT2D eigenvalue weighted by Gasteiger charge is -2.32. The van der Waals surface area contributed by atoms with Crippen molar-refractivity contribution in [2.24, 2.45) is 7.05 Å². The molecule has 0 aliphatic carbocycles. The van der Waals surface area contributed by atoms with Gasteiger partial charge in [0.1, 0.15) is 5.82 Å². The van der Waals surface area contributed by atoms with Crippen molar-refractivity contribution < 1.29 is 9.47 Å². The predicted octanol–water partition coefficient (Wildman–Crippen LogP) is 6.52. The number of methoxy groups -OCH3 is 2. The van der Waals surface area contributed by atoms with E-state index in [0.29, 0.717) is 0 Å². The Morgan fingerprint density at radius 3 is 2.54 bits per heavy atom. The van der Waals surface area contributed by atoms with Crippen molar-refractivity contribution in [1.29, 1.82) is 0 Å². The molecule has 0 amide bonds. The van der Waals surface area contributed by atoms with Crippen LogP contribution in [-0.4, -0.2) is 37.1 Å². The molecule has 2 aromatic carbocycles. The molecule has 7 heteroatoms. The highest BCUT2D eigenvalue weighted by molar-refractivity contribution is 6.33. The Balaban J connectivity index is 1.76. The maximum atomic E-state index is 6.76. The van der Waals surface area contributed by atoms with Gasteiger partial charge in [0, 0.05) is 32.2 Å². The van der Waals surface area contributed by atoms with Crippen LogP contribution in [0.25, 0.3) is 0 Å². The smallest absolute Gasteiger partial charge is 0.163 e. The normalized spacial score (nSPS) is 13.1. The van der Waals surface area contributed by atoms with Crippen LogP contribution in [0.5, 0.6) is 11.5 Å². The van der Waals surface area contributed by atoms with E-state index in [1.807, 2.05) is 16.8 Å². The predicted molar refractivity (Wildman–Crippen MR) is 145 cm³/mol. The molecule has 3 aromatic rings. The van der Waals surface area contributed by atoms with Crippen LogP contribution in [-0.2, 0) is 20.0 Å². The van der Waals surface area contributed by atoms with Gasteiger partial charge in [-0.3, -0.25) is 4.68 Å². The van der Waals surface area contributed by atoms with Crippen LogP contribution in [0.4, 0.5) is 17.3 Å².